The molecule has 1 unspecified atom stereocenters. The minimum absolute atomic E-state index is 0.316. The van der Waals surface area contributed by atoms with E-state index in [0.717, 1.165) is 12.3 Å². The van der Waals surface area contributed by atoms with Crippen molar-refractivity contribution < 1.29 is 4.74 Å². The van der Waals surface area contributed by atoms with Gasteiger partial charge < -0.3 is 10.1 Å². The molecule has 2 rings (SSSR count). The summed E-state index contributed by atoms with van der Waals surface area (Å²) >= 11 is 0. The molecule has 0 saturated carbocycles. The van der Waals surface area contributed by atoms with Crippen LogP contribution in [0.25, 0.3) is 11.1 Å². The van der Waals surface area contributed by atoms with Gasteiger partial charge in [-0.3, -0.25) is 0 Å². The zero-order valence-corrected chi connectivity index (χ0v) is 13.7. The van der Waals surface area contributed by atoms with E-state index in [2.05, 4.69) is 69.4 Å². The number of ether oxygens (including phenoxy) is 1. The maximum absolute atomic E-state index is 5.64. The predicted octanol–water partition coefficient (Wildman–Crippen LogP) is 4.65. The second-order valence-corrected chi connectivity index (χ2v) is 5.53. The summed E-state index contributed by atoms with van der Waals surface area (Å²) in [7, 11) is 1.74. The zero-order chi connectivity index (χ0) is 15.4. The second-order valence-electron chi connectivity index (χ2n) is 5.53. The Kier molecular flexibility index (Phi) is 5.03. The van der Waals surface area contributed by atoms with Crippen LogP contribution in [0.5, 0.6) is 5.75 Å². The minimum atomic E-state index is 0.316. The van der Waals surface area contributed by atoms with Crippen molar-refractivity contribution in [3.8, 4) is 16.9 Å². The van der Waals surface area contributed by atoms with Crippen molar-refractivity contribution in [3.05, 3.63) is 53.1 Å². The topological polar surface area (TPSA) is 21.3 Å². The number of aryl methyl sites for hydroxylation is 2. The summed E-state index contributed by atoms with van der Waals surface area (Å²) < 4.78 is 5.64. The van der Waals surface area contributed by atoms with Gasteiger partial charge in [-0.25, -0.2) is 0 Å². The zero-order valence-electron chi connectivity index (χ0n) is 13.7. The molecule has 2 nitrogen and oxygen atoms in total. The van der Waals surface area contributed by atoms with Gasteiger partial charge in [-0.05, 0) is 55.6 Å². The Hall–Kier alpha value is -1.80. The van der Waals surface area contributed by atoms with E-state index in [1.807, 2.05) is 0 Å². The van der Waals surface area contributed by atoms with E-state index in [1.165, 1.54) is 27.8 Å². The van der Waals surface area contributed by atoms with Crippen LogP contribution in [-0.2, 0) is 0 Å². The first-order valence-corrected chi connectivity index (χ1v) is 7.56. The summed E-state index contributed by atoms with van der Waals surface area (Å²) in [6.45, 7) is 9.56. The van der Waals surface area contributed by atoms with Gasteiger partial charge in [-0.15, -0.1) is 0 Å². The number of rotatable bonds is 5. The SMILES string of the molecule is CCNC(C)c1ccccc1-c1c(C)cc(C)cc1OC. The first-order valence-electron chi connectivity index (χ1n) is 7.56. The maximum Gasteiger partial charge on any atom is 0.127 e. The molecule has 0 heterocycles. The molecule has 21 heavy (non-hydrogen) atoms. The van der Waals surface area contributed by atoms with Crippen LogP contribution in [0.4, 0.5) is 0 Å². The second kappa shape index (κ2) is 6.77. The number of benzene rings is 2. The minimum Gasteiger partial charge on any atom is -0.496 e. The van der Waals surface area contributed by atoms with Crippen molar-refractivity contribution in [2.75, 3.05) is 13.7 Å². The number of hydrogen-bond donors (Lipinski definition) is 1. The van der Waals surface area contributed by atoms with E-state index >= 15 is 0 Å². The Labute approximate surface area is 128 Å². The van der Waals surface area contributed by atoms with Gasteiger partial charge in [0.05, 0.1) is 7.11 Å². The largest absolute Gasteiger partial charge is 0.496 e. The van der Waals surface area contributed by atoms with Crippen molar-refractivity contribution in [3.63, 3.8) is 0 Å². The molecule has 0 radical (unpaired) electrons. The van der Waals surface area contributed by atoms with Crippen LogP contribution in [0.15, 0.2) is 36.4 Å². The molecule has 0 aromatic heterocycles. The molecule has 0 spiro atoms. The first-order chi connectivity index (χ1) is 10.1. The predicted molar refractivity (Wildman–Crippen MR) is 90.0 cm³/mol. The van der Waals surface area contributed by atoms with Crippen molar-refractivity contribution in [2.45, 2.75) is 33.7 Å². The summed E-state index contributed by atoms with van der Waals surface area (Å²) in [6, 6.07) is 13.2. The van der Waals surface area contributed by atoms with E-state index in [1.54, 1.807) is 7.11 Å². The van der Waals surface area contributed by atoms with Crippen LogP contribution in [0.2, 0.25) is 0 Å². The van der Waals surface area contributed by atoms with Crippen molar-refractivity contribution in [2.24, 2.45) is 0 Å². The van der Waals surface area contributed by atoms with Gasteiger partial charge >= 0.3 is 0 Å². The van der Waals surface area contributed by atoms with Crippen LogP contribution in [0, 0.1) is 13.8 Å². The van der Waals surface area contributed by atoms with Gasteiger partial charge in [0.1, 0.15) is 5.75 Å². The van der Waals surface area contributed by atoms with E-state index in [9.17, 15) is 0 Å². The lowest BCUT2D eigenvalue weighted by molar-refractivity contribution is 0.415. The molecule has 0 bridgehead atoms. The quantitative estimate of drug-likeness (QED) is 0.862. The van der Waals surface area contributed by atoms with Gasteiger partial charge in [0.2, 0.25) is 0 Å². The van der Waals surface area contributed by atoms with E-state index in [-0.39, 0.29) is 0 Å². The summed E-state index contributed by atoms with van der Waals surface area (Å²) in [4.78, 5) is 0. The van der Waals surface area contributed by atoms with Crippen LogP contribution in [0.1, 0.15) is 36.6 Å². The fourth-order valence-electron chi connectivity index (χ4n) is 2.95. The van der Waals surface area contributed by atoms with Gasteiger partial charge in [0.25, 0.3) is 0 Å². The molecule has 0 aliphatic carbocycles. The third-order valence-corrected chi connectivity index (χ3v) is 3.87. The first kappa shape index (κ1) is 15.6. The standard InChI is InChI=1S/C19H25NO/c1-6-20-15(4)16-9-7-8-10-17(16)19-14(3)11-13(2)12-18(19)21-5/h7-12,15,20H,6H2,1-5H3. The lowest BCUT2D eigenvalue weighted by atomic mass is 9.91. The number of nitrogens with one attached hydrogen (secondary N) is 1. The molecule has 0 aliphatic rings. The lowest BCUT2D eigenvalue weighted by Crippen LogP contribution is -2.18. The van der Waals surface area contributed by atoms with Crippen molar-refractivity contribution in [1.82, 2.24) is 5.32 Å². The highest BCUT2D eigenvalue weighted by Crippen LogP contribution is 2.38. The Balaban J connectivity index is 2.62. The Morgan fingerprint density at radius 1 is 1.14 bits per heavy atom. The third kappa shape index (κ3) is 3.27. The normalized spacial score (nSPS) is 12.2. The van der Waals surface area contributed by atoms with Crippen LogP contribution < -0.4 is 10.1 Å². The Morgan fingerprint density at radius 3 is 2.52 bits per heavy atom. The molecule has 0 saturated heterocycles. The maximum atomic E-state index is 5.64. The molecule has 2 aromatic rings. The molecule has 1 N–H and O–H groups in total. The van der Waals surface area contributed by atoms with Gasteiger partial charge in [-0.1, -0.05) is 37.3 Å². The van der Waals surface area contributed by atoms with Crippen LogP contribution in [-0.4, -0.2) is 13.7 Å². The average molecular weight is 283 g/mol. The molecule has 1 atom stereocenters. The fraction of sp³-hybridized carbons (Fsp3) is 0.368. The highest BCUT2D eigenvalue weighted by Gasteiger charge is 2.16. The third-order valence-electron chi connectivity index (χ3n) is 3.87. The Bertz CT molecular complexity index is 619. The smallest absolute Gasteiger partial charge is 0.127 e. The molecule has 0 amide bonds. The summed E-state index contributed by atoms with van der Waals surface area (Å²) in [6.07, 6.45) is 0. The lowest BCUT2D eigenvalue weighted by Gasteiger charge is -2.20. The Morgan fingerprint density at radius 2 is 1.86 bits per heavy atom. The molecule has 2 aromatic carbocycles. The highest BCUT2D eigenvalue weighted by atomic mass is 16.5. The van der Waals surface area contributed by atoms with Crippen molar-refractivity contribution in [1.29, 1.82) is 0 Å². The van der Waals surface area contributed by atoms with E-state index < -0.39 is 0 Å². The monoisotopic (exact) mass is 283 g/mol. The van der Waals surface area contributed by atoms with E-state index in [0.29, 0.717) is 6.04 Å². The fourth-order valence-corrected chi connectivity index (χ4v) is 2.95. The van der Waals surface area contributed by atoms with Gasteiger partial charge in [0, 0.05) is 11.6 Å². The van der Waals surface area contributed by atoms with Crippen LogP contribution in [0.3, 0.4) is 0 Å². The molecule has 112 valence electrons. The molecular formula is C19H25NO. The number of hydrogen-bond acceptors (Lipinski definition) is 2. The van der Waals surface area contributed by atoms with Gasteiger partial charge in [0.15, 0.2) is 0 Å². The molecular weight excluding hydrogens is 258 g/mol. The highest BCUT2D eigenvalue weighted by molar-refractivity contribution is 5.77. The number of methoxy groups -OCH3 is 1. The summed E-state index contributed by atoms with van der Waals surface area (Å²) in [5.41, 5.74) is 6.24. The molecule has 0 fully saturated rings. The summed E-state index contributed by atoms with van der Waals surface area (Å²) in [5.74, 6) is 0.948. The van der Waals surface area contributed by atoms with E-state index in [4.69, 9.17) is 4.74 Å². The van der Waals surface area contributed by atoms with Gasteiger partial charge in [-0.2, -0.15) is 0 Å². The molecule has 2 heteroatoms. The molecule has 0 aliphatic heterocycles. The average Bonchev–Trinajstić information content (AvgIpc) is 2.46. The van der Waals surface area contributed by atoms with Crippen molar-refractivity contribution >= 4 is 0 Å². The van der Waals surface area contributed by atoms with Crippen LogP contribution >= 0.6 is 0 Å². The summed E-state index contributed by atoms with van der Waals surface area (Å²) in [5, 5.41) is 3.50.